The smallest absolute Gasteiger partial charge is 0.238 e. The highest BCUT2D eigenvalue weighted by molar-refractivity contribution is 6.31. The molecule has 150 valence electrons. The number of rotatable bonds is 9. The van der Waals surface area contributed by atoms with Crippen LogP contribution in [0.4, 0.5) is 11.4 Å². The first-order valence-corrected chi connectivity index (χ1v) is 9.05. The summed E-state index contributed by atoms with van der Waals surface area (Å²) in [5, 5.41) is 6.08. The van der Waals surface area contributed by atoms with E-state index < -0.39 is 0 Å². The first kappa shape index (κ1) is 21.5. The van der Waals surface area contributed by atoms with Gasteiger partial charge in [-0.3, -0.25) is 14.5 Å². The molecule has 2 aromatic carbocycles. The van der Waals surface area contributed by atoms with Gasteiger partial charge in [-0.15, -0.1) is 0 Å². The lowest BCUT2D eigenvalue weighted by atomic mass is 10.2. The molecular weight excluding hydrogens is 382 g/mol. The van der Waals surface area contributed by atoms with E-state index in [9.17, 15) is 9.59 Å². The van der Waals surface area contributed by atoms with Gasteiger partial charge in [0, 0.05) is 18.0 Å². The van der Waals surface area contributed by atoms with Gasteiger partial charge < -0.3 is 20.1 Å². The maximum atomic E-state index is 12.3. The van der Waals surface area contributed by atoms with Crippen LogP contribution in [0.15, 0.2) is 42.5 Å². The quantitative estimate of drug-likeness (QED) is 0.669. The van der Waals surface area contributed by atoms with Crippen molar-refractivity contribution in [2.24, 2.45) is 0 Å². The number of hydrogen-bond donors (Lipinski definition) is 2. The molecule has 0 aliphatic rings. The van der Waals surface area contributed by atoms with Gasteiger partial charge >= 0.3 is 0 Å². The van der Waals surface area contributed by atoms with Gasteiger partial charge in [0.05, 0.1) is 32.1 Å². The Hall–Kier alpha value is -2.77. The van der Waals surface area contributed by atoms with Crippen molar-refractivity contribution >= 4 is 34.8 Å². The van der Waals surface area contributed by atoms with Gasteiger partial charge in [0.1, 0.15) is 11.5 Å². The lowest BCUT2D eigenvalue weighted by Crippen LogP contribution is -2.32. The van der Waals surface area contributed by atoms with Gasteiger partial charge in [-0.1, -0.05) is 23.7 Å². The number of likely N-dealkylation sites (N-methyl/N-ethyl adjacent to an activating group) is 1. The molecule has 0 aliphatic heterocycles. The van der Waals surface area contributed by atoms with Crippen LogP contribution in [0.3, 0.4) is 0 Å². The molecule has 2 N–H and O–H groups in total. The molecule has 0 fully saturated rings. The number of ether oxygens (including phenoxy) is 2. The molecule has 8 heteroatoms. The molecule has 0 spiro atoms. The molecule has 7 nitrogen and oxygen atoms in total. The van der Waals surface area contributed by atoms with Crippen molar-refractivity contribution in [2.75, 3.05) is 45.0 Å². The number of nitrogens with zero attached hydrogens (tertiary/aromatic N) is 1. The topological polar surface area (TPSA) is 79.9 Å². The molecule has 0 saturated heterocycles. The predicted molar refractivity (Wildman–Crippen MR) is 110 cm³/mol. The second-order valence-electron chi connectivity index (χ2n) is 6.13. The van der Waals surface area contributed by atoms with Gasteiger partial charge in [-0.05, 0) is 37.4 Å². The van der Waals surface area contributed by atoms with Crippen LogP contribution in [0, 0.1) is 0 Å². The summed E-state index contributed by atoms with van der Waals surface area (Å²) in [6.45, 7) is 0.540. The normalized spacial score (nSPS) is 10.5. The van der Waals surface area contributed by atoms with Crippen LogP contribution in [0.2, 0.25) is 5.02 Å². The van der Waals surface area contributed by atoms with Crippen molar-refractivity contribution < 1.29 is 19.1 Å². The summed E-state index contributed by atoms with van der Waals surface area (Å²) in [6.07, 6.45) is 0.238. The highest BCUT2D eigenvalue weighted by atomic mass is 35.5. The average molecular weight is 406 g/mol. The third-order valence-electron chi connectivity index (χ3n) is 3.95. The molecule has 0 atom stereocenters. The number of para-hydroxylation sites is 2. The second-order valence-corrected chi connectivity index (χ2v) is 6.57. The van der Waals surface area contributed by atoms with Gasteiger partial charge in [0.15, 0.2) is 0 Å². The standard InChI is InChI=1S/C20H24ClN3O4/c1-24(11-10-19(25)22-15-6-4-5-7-17(15)27-2)13-20(26)23-16-12-14(21)8-9-18(16)28-3/h4-9,12H,10-11,13H2,1-3H3,(H,22,25)(H,23,26). The summed E-state index contributed by atoms with van der Waals surface area (Å²) in [7, 11) is 4.84. The highest BCUT2D eigenvalue weighted by Gasteiger charge is 2.13. The number of methoxy groups -OCH3 is 2. The first-order valence-electron chi connectivity index (χ1n) is 8.67. The maximum Gasteiger partial charge on any atom is 0.238 e. The van der Waals surface area contributed by atoms with Crippen molar-refractivity contribution in [1.29, 1.82) is 0 Å². The van der Waals surface area contributed by atoms with Crippen LogP contribution < -0.4 is 20.1 Å². The fourth-order valence-electron chi connectivity index (χ4n) is 2.54. The van der Waals surface area contributed by atoms with E-state index in [1.54, 1.807) is 49.4 Å². The molecule has 0 bridgehead atoms. The Morgan fingerprint density at radius 1 is 0.964 bits per heavy atom. The highest BCUT2D eigenvalue weighted by Crippen LogP contribution is 2.27. The Morgan fingerprint density at radius 2 is 1.61 bits per heavy atom. The Labute approximate surface area is 169 Å². The number of nitrogens with one attached hydrogen (secondary N) is 2. The summed E-state index contributed by atoms with van der Waals surface area (Å²) in [6, 6.07) is 12.2. The van der Waals surface area contributed by atoms with Crippen LogP contribution in [0.5, 0.6) is 11.5 Å². The van der Waals surface area contributed by atoms with Crippen LogP contribution in [0.1, 0.15) is 6.42 Å². The molecule has 0 aromatic heterocycles. The Kier molecular flexibility index (Phi) is 8.10. The minimum atomic E-state index is -0.229. The Morgan fingerprint density at radius 3 is 2.32 bits per heavy atom. The second kappa shape index (κ2) is 10.5. The van der Waals surface area contributed by atoms with Gasteiger partial charge in [0.2, 0.25) is 11.8 Å². The maximum absolute atomic E-state index is 12.3. The molecule has 0 radical (unpaired) electrons. The lowest BCUT2D eigenvalue weighted by molar-refractivity contribution is -0.119. The van der Waals surface area contributed by atoms with Crippen molar-refractivity contribution in [2.45, 2.75) is 6.42 Å². The zero-order valence-electron chi connectivity index (χ0n) is 16.1. The van der Waals surface area contributed by atoms with Crippen molar-refractivity contribution in [1.82, 2.24) is 4.90 Å². The molecule has 2 rings (SSSR count). The van der Waals surface area contributed by atoms with E-state index in [4.69, 9.17) is 21.1 Å². The molecule has 28 heavy (non-hydrogen) atoms. The van der Waals surface area contributed by atoms with Gasteiger partial charge in [-0.25, -0.2) is 0 Å². The van der Waals surface area contributed by atoms with Crippen LogP contribution in [-0.2, 0) is 9.59 Å². The fraction of sp³-hybridized carbons (Fsp3) is 0.300. The zero-order valence-corrected chi connectivity index (χ0v) is 16.9. The van der Waals surface area contributed by atoms with Crippen LogP contribution in [0.25, 0.3) is 0 Å². The number of carbonyl (C=O) groups excluding carboxylic acids is 2. The largest absolute Gasteiger partial charge is 0.495 e. The first-order chi connectivity index (χ1) is 13.4. The van der Waals surface area contributed by atoms with E-state index in [2.05, 4.69) is 10.6 Å². The summed E-state index contributed by atoms with van der Waals surface area (Å²) >= 11 is 5.97. The van der Waals surface area contributed by atoms with Crippen LogP contribution >= 0.6 is 11.6 Å². The number of hydrogen-bond acceptors (Lipinski definition) is 5. The third kappa shape index (κ3) is 6.44. The lowest BCUT2D eigenvalue weighted by Gasteiger charge is -2.17. The molecule has 2 aromatic rings. The number of halogens is 1. The summed E-state index contributed by atoms with van der Waals surface area (Å²) in [5.74, 6) is 0.733. The monoisotopic (exact) mass is 405 g/mol. The number of anilines is 2. The number of amides is 2. The Balaban J connectivity index is 1.82. The summed E-state index contributed by atoms with van der Waals surface area (Å²) in [5.41, 5.74) is 1.12. The summed E-state index contributed by atoms with van der Waals surface area (Å²) < 4.78 is 10.4. The van der Waals surface area contributed by atoms with Gasteiger partial charge in [-0.2, -0.15) is 0 Å². The van der Waals surface area contributed by atoms with Crippen molar-refractivity contribution in [3.05, 3.63) is 47.5 Å². The van der Waals surface area contributed by atoms with E-state index >= 15 is 0 Å². The van der Waals surface area contributed by atoms with E-state index in [-0.39, 0.29) is 24.8 Å². The van der Waals surface area contributed by atoms with Crippen LogP contribution in [-0.4, -0.2) is 51.1 Å². The molecule has 0 saturated carbocycles. The predicted octanol–water partition coefficient (Wildman–Crippen LogP) is 3.26. The SMILES string of the molecule is COc1ccccc1NC(=O)CCN(C)CC(=O)Nc1cc(Cl)ccc1OC. The third-order valence-corrected chi connectivity index (χ3v) is 4.19. The van der Waals surface area contributed by atoms with Crippen molar-refractivity contribution in [3.8, 4) is 11.5 Å². The van der Waals surface area contributed by atoms with E-state index in [0.717, 1.165) is 0 Å². The average Bonchev–Trinajstić information content (AvgIpc) is 2.67. The van der Waals surface area contributed by atoms with E-state index in [0.29, 0.717) is 34.4 Å². The minimum absolute atomic E-state index is 0.123. The fourth-order valence-corrected chi connectivity index (χ4v) is 2.72. The molecule has 0 unspecified atom stereocenters. The summed E-state index contributed by atoms with van der Waals surface area (Å²) in [4.78, 5) is 26.2. The number of carbonyl (C=O) groups is 2. The zero-order chi connectivity index (χ0) is 20.5. The minimum Gasteiger partial charge on any atom is -0.495 e. The molecule has 0 aliphatic carbocycles. The van der Waals surface area contributed by atoms with E-state index in [1.807, 2.05) is 12.1 Å². The van der Waals surface area contributed by atoms with E-state index in [1.165, 1.54) is 7.11 Å². The van der Waals surface area contributed by atoms with Crippen molar-refractivity contribution in [3.63, 3.8) is 0 Å². The Bertz CT molecular complexity index is 829. The number of benzene rings is 2. The molecule has 2 amide bonds. The molecule has 0 heterocycles. The van der Waals surface area contributed by atoms with Gasteiger partial charge in [0.25, 0.3) is 0 Å². The molecular formula is C20H24ClN3O4.